The molecule has 0 bridgehead atoms. The lowest BCUT2D eigenvalue weighted by atomic mass is 9.97. The molecule has 0 amide bonds. The molecule has 326 valence electrons. The second kappa shape index (κ2) is 21.0. The Hall–Kier alpha value is -5.55. The number of rotatable bonds is 19. The van der Waals surface area contributed by atoms with Crippen LogP contribution in [0, 0.1) is 0 Å². The number of benzene rings is 6. The van der Waals surface area contributed by atoms with E-state index in [0.29, 0.717) is 15.9 Å². The van der Waals surface area contributed by atoms with Gasteiger partial charge in [0, 0.05) is 33.4 Å². The summed E-state index contributed by atoms with van der Waals surface area (Å²) in [6.45, 7) is 8.95. The molecule has 6 aromatic carbocycles. The molecule has 0 radical (unpaired) electrons. The molecule has 0 N–H and O–H groups in total. The van der Waals surface area contributed by atoms with Crippen molar-refractivity contribution in [2.75, 3.05) is 0 Å². The highest BCUT2D eigenvalue weighted by atomic mass is 35.5. The molecular weight excluding hydrogens is 824 g/mol. The topological polar surface area (TPSA) is 42.5 Å². The number of halogens is 2. The Balaban J connectivity index is 1.48. The summed E-state index contributed by atoms with van der Waals surface area (Å²) in [5, 5.41) is 1.14. The first kappa shape index (κ1) is 45.0. The quantitative estimate of drug-likeness (QED) is 0.0798. The SMILES string of the molecule is CCCCc1ccc(C2=NC(c3ccccc3Cl)(n3c(-c4ccccc4Cl)nc(-c4ccc(CCCC)cc4)c3-c3ccc(CCCC)cc3)N=C2c2ccc(CCCC)cc2)cc1. The minimum atomic E-state index is -1.44. The lowest BCUT2D eigenvalue weighted by molar-refractivity contribution is 0.409. The first-order valence-electron chi connectivity index (χ1n) is 23.6. The maximum absolute atomic E-state index is 7.45. The van der Waals surface area contributed by atoms with Gasteiger partial charge in [-0.25, -0.2) is 15.0 Å². The zero-order valence-corrected chi connectivity index (χ0v) is 39.4. The fourth-order valence-corrected chi connectivity index (χ4v) is 9.26. The van der Waals surface area contributed by atoms with E-state index in [4.69, 9.17) is 38.2 Å². The largest absolute Gasteiger partial charge is 0.275 e. The van der Waals surface area contributed by atoms with Crippen LogP contribution in [0.25, 0.3) is 33.9 Å². The summed E-state index contributed by atoms with van der Waals surface area (Å²) < 4.78 is 2.23. The predicted molar refractivity (Wildman–Crippen MR) is 272 cm³/mol. The van der Waals surface area contributed by atoms with Gasteiger partial charge >= 0.3 is 0 Å². The molecule has 1 aromatic heterocycles. The lowest BCUT2D eigenvalue weighted by Crippen LogP contribution is -2.31. The molecule has 1 aliphatic rings. The first-order chi connectivity index (χ1) is 31.4. The summed E-state index contributed by atoms with van der Waals surface area (Å²) >= 11 is 14.7. The van der Waals surface area contributed by atoms with Crippen molar-refractivity contribution in [1.82, 2.24) is 9.55 Å². The Morgan fingerprint density at radius 2 is 0.828 bits per heavy atom. The number of aromatic nitrogens is 2. The van der Waals surface area contributed by atoms with Gasteiger partial charge in [0.05, 0.1) is 32.9 Å². The minimum Gasteiger partial charge on any atom is -0.275 e. The highest BCUT2D eigenvalue weighted by Gasteiger charge is 2.46. The molecule has 0 fully saturated rings. The number of imidazole rings is 1. The molecule has 0 atom stereocenters. The van der Waals surface area contributed by atoms with Crippen molar-refractivity contribution >= 4 is 34.6 Å². The fraction of sp³-hybridized carbons (Fsp3) is 0.293. The third-order valence-corrected chi connectivity index (χ3v) is 13.1. The molecule has 64 heavy (non-hydrogen) atoms. The molecule has 6 heteroatoms. The molecule has 4 nitrogen and oxygen atoms in total. The van der Waals surface area contributed by atoms with Crippen LogP contribution in [0.5, 0.6) is 0 Å². The van der Waals surface area contributed by atoms with Crippen molar-refractivity contribution in [3.63, 3.8) is 0 Å². The van der Waals surface area contributed by atoms with Gasteiger partial charge in [-0.2, -0.15) is 0 Å². The standard InChI is InChI=1S/C58H60Cl2N4/c1-5-9-17-41-25-33-45(34-26-41)53-54(46-35-27-42(28-36-46)18-10-6-2)63-58(62-53,50-22-14-16-24-52(50)60)64-56(48-39-31-44(32-40-48)20-12-8-4)55(47-37-29-43(30-38-47)19-11-7-3)61-57(64)49-21-13-15-23-51(49)59/h13-16,21-40H,5-12,17-20H2,1-4H3. The Bertz CT molecular complexity index is 2640. The van der Waals surface area contributed by atoms with Crippen molar-refractivity contribution < 1.29 is 0 Å². The average Bonchev–Trinajstić information content (AvgIpc) is 3.93. The van der Waals surface area contributed by atoms with Gasteiger partial charge in [0.15, 0.2) is 0 Å². The van der Waals surface area contributed by atoms with Crippen LogP contribution in [0.4, 0.5) is 0 Å². The van der Waals surface area contributed by atoms with E-state index in [0.717, 1.165) is 133 Å². The summed E-state index contributed by atoms with van der Waals surface area (Å²) in [4.78, 5) is 17.5. The van der Waals surface area contributed by atoms with Crippen LogP contribution in [-0.4, -0.2) is 21.0 Å². The van der Waals surface area contributed by atoms with Crippen molar-refractivity contribution in [2.24, 2.45) is 9.98 Å². The van der Waals surface area contributed by atoms with Crippen molar-refractivity contribution in [2.45, 2.75) is 111 Å². The number of aryl methyl sites for hydroxylation is 4. The Kier molecular flexibility index (Phi) is 14.8. The van der Waals surface area contributed by atoms with Gasteiger partial charge in [-0.15, -0.1) is 0 Å². The number of hydrogen-bond acceptors (Lipinski definition) is 3. The van der Waals surface area contributed by atoms with Gasteiger partial charge in [-0.1, -0.05) is 204 Å². The third-order valence-electron chi connectivity index (χ3n) is 12.5. The van der Waals surface area contributed by atoms with Crippen molar-refractivity contribution in [3.05, 3.63) is 195 Å². The van der Waals surface area contributed by atoms with E-state index in [1.165, 1.54) is 22.3 Å². The number of aliphatic imine (C=N–C) groups is 2. The van der Waals surface area contributed by atoms with Crippen LogP contribution in [-0.2, 0) is 31.5 Å². The molecular formula is C58H60Cl2N4. The second-order valence-electron chi connectivity index (χ2n) is 17.2. The number of unbranched alkanes of at least 4 members (excludes halogenated alkanes) is 4. The van der Waals surface area contributed by atoms with E-state index in [1.54, 1.807) is 0 Å². The Morgan fingerprint density at radius 1 is 0.438 bits per heavy atom. The van der Waals surface area contributed by atoms with Gasteiger partial charge in [0.1, 0.15) is 5.82 Å². The zero-order chi connectivity index (χ0) is 44.5. The van der Waals surface area contributed by atoms with Crippen LogP contribution in [0.15, 0.2) is 156 Å². The summed E-state index contributed by atoms with van der Waals surface area (Å²) in [5.41, 5.74) is 14.1. The Labute approximate surface area is 391 Å². The van der Waals surface area contributed by atoms with Gasteiger partial charge in [0.25, 0.3) is 5.79 Å². The molecule has 7 aromatic rings. The first-order valence-corrected chi connectivity index (χ1v) is 24.3. The fourth-order valence-electron chi connectivity index (χ4n) is 8.77. The van der Waals surface area contributed by atoms with E-state index in [9.17, 15) is 0 Å². The molecule has 2 heterocycles. The highest BCUT2D eigenvalue weighted by Crippen LogP contribution is 2.49. The molecule has 1 aliphatic heterocycles. The zero-order valence-electron chi connectivity index (χ0n) is 37.9. The van der Waals surface area contributed by atoms with Crippen LogP contribution >= 0.6 is 23.2 Å². The van der Waals surface area contributed by atoms with E-state index >= 15 is 0 Å². The van der Waals surface area contributed by atoms with Crippen molar-refractivity contribution in [1.29, 1.82) is 0 Å². The van der Waals surface area contributed by atoms with E-state index < -0.39 is 5.79 Å². The average molecular weight is 884 g/mol. The normalized spacial score (nSPS) is 13.3. The van der Waals surface area contributed by atoms with Crippen LogP contribution in [0.2, 0.25) is 10.0 Å². The molecule has 0 saturated carbocycles. The van der Waals surface area contributed by atoms with Crippen molar-refractivity contribution in [3.8, 4) is 33.9 Å². The molecule has 8 rings (SSSR count). The monoisotopic (exact) mass is 882 g/mol. The van der Waals surface area contributed by atoms with Crippen LogP contribution < -0.4 is 0 Å². The lowest BCUT2D eigenvalue weighted by Gasteiger charge is -2.30. The van der Waals surface area contributed by atoms with Crippen LogP contribution in [0.3, 0.4) is 0 Å². The molecule has 0 saturated heterocycles. The van der Waals surface area contributed by atoms with E-state index in [1.807, 2.05) is 42.5 Å². The molecule has 0 aliphatic carbocycles. The summed E-state index contributed by atoms with van der Waals surface area (Å²) in [5.74, 6) is -0.791. The number of hydrogen-bond donors (Lipinski definition) is 0. The summed E-state index contributed by atoms with van der Waals surface area (Å²) in [6.07, 6.45) is 13.3. The highest BCUT2D eigenvalue weighted by molar-refractivity contribution is 6.54. The molecule has 0 unspecified atom stereocenters. The maximum atomic E-state index is 7.45. The van der Waals surface area contributed by atoms with Gasteiger partial charge in [-0.3, -0.25) is 4.57 Å². The predicted octanol–water partition coefficient (Wildman–Crippen LogP) is 16.2. The second-order valence-corrected chi connectivity index (χ2v) is 18.0. The summed E-state index contributed by atoms with van der Waals surface area (Å²) in [7, 11) is 0. The maximum Gasteiger partial charge on any atom is 0.263 e. The van der Waals surface area contributed by atoms with Gasteiger partial charge in [0.2, 0.25) is 0 Å². The summed E-state index contributed by atoms with van der Waals surface area (Å²) in [6, 6.07) is 51.7. The molecule has 0 spiro atoms. The smallest absolute Gasteiger partial charge is 0.263 e. The van der Waals surface area contributed by atoms with Crippen LogP contribution in [0.1, 0.15) is 118 Å². The minimum absolute atomic E-state index is 0.557. The van der Waals surface area contributed by atoms with Gasteiger partial charge < -0.3 is 0 Å². The Morgan fingerprint density at radius 3 is 1.25 bits per heavy atom. The number of nitrogens with zero attached hydrogens (tertiary/aromatic N) is 4. The van der Waals surface area contributed by atoms with E-state index in [2.05, 4.69) is 135 Å². The third kappa shape index (κ3) is 9.60. The van der Waals surface area contributed by atoms with E-state index in [-0.39, 0.29) is 0 Å². The van der Waals surface area contributed by atoms with Gasteiger partial charge in [-0.05, 0) is 91.8 Å².